The Kier molecular flexibility index (Phi) is 5.41. The molecule has 6 nitrogen and oxygen atoms in total. The van der Waals surface area contributed by atoms with E-state index >= 15 is 0 Å². The third kappa shape index (κ3) is 4.32. The Morgan fingerprint density at radius 1 is 1.23 bits per heavy atom. The molecular formula is C18H20F2N4O2. The highest BCUT2D eigenvalue weighted by atomic mass is 19.3. The molecule has 1 aromatic carbocycles. The van der Waals surface area contributed by atoms with Gasteiger partial charge in [0, 0.05) is 18.7 Å². The summed E-state index contributed by atoms with van der Waals surface area (Å²) in [4.78, 5) is 14.1. The topological polar surface area (TPSA) is 78.4 Å². The summed E-state index contributed by atoms with van der Waals surface area (Å²) >= 11 is 0. The Morgan fingerprint density at radius 3 is 2.58 bits per heavy atom. The van der Waals surface area contributed by atoms with Gasteiger partial charge in [0.2, 0.25) is 5.91 Å². The van der Waals surface area contributed by atoms with Crippen LogP contribution in [0.4, 0.5) is 14.6 Å². The van der Waals surface area contributed by atoms with Crippen molar-refractivity contribution in [2.45, 2.75) is 31.9 Å². The van der Waals surface area contributed by atoms with Crippen molar-refractivity contribution in [2.75, 3.05) is 18.0 Å². The van der Waals surface area contributed by atoms with Gasteiger partial charge in [0.05, 0.1) is 24.3 Å². The number of alkyl halides is 2. The van der Waals surface area contributed by atoms with Crippen molar-refractivity contribution in [3.8, 4) is 0 Å². The van der Waals surface area contributed by atoms with Crippen molar-refractivity contribution < 1.29 is 18.7 Å². The van der Waals surface area contributed by atoms with Gasteiger partial charge < -0.3 is 15.3 Å². The molecule has 2 heterocycles. The zero-order valence-electron chi connectivity index (χ0n) is 14.3. The normalized spacial score (nSPS) is 19.8. The fourth-order valence-electron chi connectivity index (χ4n) is 2.90. The summed E-state index contributed by atoms with van der Waals surface area (Å²) in [6.45, 7) is 2.62. The third-order valence-corrected chi connectivity index (χ3v) is 4.34. The Bertz CT molecular complexity index is 753. The van der Waals surface area contributed by atoms with Gasteiger partial charge in [-0.15, -0.1) is 5.10 Å². The van der Waals surface area contributed by atoms with Gasteiger partial charge in [0.25, 0.3) is 6.43 Å². The first-order valence-corrected chi connectivity index (χ1v) is 8.32. The predicted molar refractivity (Wildman–Crippen MR) is 92.0 cm³/mol. The molecule has 0 spiro atoms. The van der Waals surface area contributed by atoms with Crippen LogP contribution in [-0.2, 0) is 11.2 Å². The molecule has 8 heteroatoms. The maximum absolute atomic E-state index is 12.6. The fourth-order valence-corrected chi connectivity index (χ4v) is 2.90. The number of β-amino-alcohol motifs (C(OH)–C–C–N with tert-alkyl or cyclic N) is 1. The summed E-state index contributed by atoms with van der Waals surface area (Å²) in [6.07, 6.45) is -3.18. The monoisotopic (exact) mass is 362 g/mol. The minimum Gasteiger partial charge on any atom is -0.389 e. The lowest BCUT2D eigenvalue weighted by atomic mass is 10.1. The van der Waals surface area contributed by atoms with E-state index in [2.05, 4.69) is 15.5 Å². The number of nitrogens with zero attached hydrogens (tertiary/aromatic N) is 3. The summed E-state index contributed by atoms with van der Waals surface area (Å²) in [7, 11) is 0. The van der Waals surface area contributed by atoms with Crippen LogP contribution in [0.3, 0.4) is 0 Å². The summed E-state index contributed by atoms with van der Waals surface area (Å²) in [6, 6.07) is 8.89. The fraction of sp³-hybridized carbons (Fsp3) is 0.389. The van der Waals surface area contributed by atoms with E-state index in [1.807, 2.05) is 24.0 Å². The Balaban J connectivity index is 1.56. The number of amides is 1. The first-order chi connectivity index (χ1) is 12.4. The molecule has 1 aliphatic rings. The molecule has 0 saturated carbocycles. The Morgan fingerprint density at radius 2 is 1.96 bits per heavy atom. The molecule has 2 atom stereocenters. The lowest BCUT2D eigenvalue weighted by Gasteiger charge is -2.17. The van der Waals surface area contributed by atoms with Gasteiger partial charge in [-0.3, -0.25) is 4.79 Å². The molecule has 138 valence electrons. The molecule has 26 heavy (non-hydrogen) atoms. The van der Waals surface area contributed by atoms with Gasteiger partial charge in [-0.1, -0.05) is 24.3 Å². The Hall–Kier alpha value is -2.61. The highest BCUT2D eigenvalue weighted by molar-refractivity contribution is 5.79. The number of carbonyl (C=O) groups excluding carboxylic acids is 1. The third-order valence-electron chi connectivity index (χ3n) is 4.34. The highest BCUT2D eigenvalue weighted by Crippen LogP contribution is 2.20. The maximum Gasteiger partial charge on any atom is 0.263 e. The number of hydrogen-bond acceptors (Lipinski definition) is 5. The molecular weight excluding hydrogens is 342 g/mol. The van der Waals surface area contributed by atoms with Gasteiger partial charge >= 0.3 is 0 Å². The number of carbonyl (C=O) groups is 1. The number of aliphatic hydroxyl groups is 1. The second-order valence-corrected chi connectivity index (χ2v) is 6.40. The predicted octanol–water partition coefficient (Wildman–Crippen LogP) is 1.63. The number of aromatic nitrogens is 2. The maximum atomic E-state index is 12.6. The van der Waals surface area contributed by atoms with Crippen LogP contribution >= 0.6 is 0 Å². The molecule has 0 aliphatic carbocycles. The SMILES string of the molecule is Cc1ccc(N2C[C@@H](O)[C@H](NC(=O)Cc3ccc(C(F)F)cc3)C2)nn1. The quantitative estimate of drug-likeness (QED) is 0.845. The zero-order valence-corrected chi connectivity index (χ0v) is 14.3. The molecule has 2 aromatic rings. The first kappa shape index (κ1) is 18.2. The summed E-state index contributed by atoms with van der Waals surface area (Å²) in [5, 5.41) is 21.1. The van der Waals surface area contributed by atoms with Gasteiger partial charge in [0.15, 0.2) is 5.82 Å². The average molecular weight is 362 g/mol. The second-order valence-electron chi connectivity index (χ2n) is 6.40. The van der Waals surface area contributed by atoms with Gasteiger partial charge in [-0.05, 0) is 24.6 Å². The van der Waals surface area contributed by atoms with Crippen molar-refractivity contribution in [3.05, 3.63) is 53.2 Å². The molecule has 0 bridgehead atoms. The van der Waals surface area contributed by atoms with Gasteiger partial charge in [-0.25, -0.2) is 8.78 Å². The lowest BCUT2D eigenvalue weighted by molar-refractivity contribution is -0.121. The van der Waals surface area contributed by atoms with Gasteiger partial charge in [-0.2, -0.15) is 5.10 Å². The molecule has 1 aliphatic heterocycles. The second kappa shape index (κ2) is 7.74. The van der Waals surface area contributed by atoms with E-state index in [9.17, 15) is 18.7 Å². The minimum atomic E-state index is -2.53. The molecule has 0 radical (unpaired) electrons. The van der Waals surface area contributed by atoms with Crippen LogP contribution in [0.2, 0.25) is 0 Å². The van der Waals surface area contributed by atoms with Crippen LogP contribution in [-0.4, -0.2) is 46.4 Å². The number of halogens is 2. The standard InChI is InChI=1S/C18H20F2N4O2/c1-11-2-7-16(23-22-11)24-9-14(15(25)10-24)21-17(26)8-12-3-5-13(6-4-12)18(19)20/h2-7,14-15,18,25H,8-10H2,1H3,(H,21,26)/t14-,15-/m1/s1. The summed E-state index contributed by atoms with van der Waals surface area (Å²) < 4.78 is 25.1. The van der Waals surface area contributed by atoms with Crippen LogP contribution < -0.4 is 10.2 Å². The summed E-state index contributed by atoms with van der Waals surface area (Å²) in [5.74, 6) is 0.379. The van der Waals surface area contributed by atoms with Crippen LogP contribution in [0.15, 0.2) is 36.4 Å². The minimum absolute atomic E-state index is 0.0665. The molecule has 1 fully saturated rings. The highest BCUT2D eigenvalue weighted by Gasteiger charge is 2.33. The number of benzene rings is 1. The van der Waals surface area contributed by atoms with Crippen molar-refractivity contribution in [1.29, 1.82) is 0 Å². The van der Waals surface area contributed by atoms with Crippen molar-refractivity contribution in [2.24, 2.45) is 0 Å². The largest absolute Gasteiger partial charge is 0.389 e. The van der Waals surface area contributed by atoms with E-state index in [1.165, 1.54) is 24.3 Å². The molecule has 3 rings (SSSR count). The molecule has 1 saturated heterocycles. The number of rotatable bonds is 5. The molecule has 2 N–H and O–H groups in total. The van der Waals surface area contributed by atoms with Gasteiger partial charge in [0.1, 0.15) is 0 Å². The molecule has 0 unspecified atom stereocenters. The lowest BCUT2D eigenvalue weighted by Crippen LogP contribution is -2.43. The van der Waals surface area contributed by atoms with E-state index in [0.29, 0.717) is 24.5 Å². The molecule has 1 amide bonds. The van der Waals surface area contributed by atoms with Crippen LogP contribution in [0.5, 0.6) is 0 Å². The number of aryl methyl sites for hydroxylation is 1. The Labute approximate surface area is 149 Å². The van der Waals surface area contributed by atoms with E-state index in [0.717, 1.165) is 5.69 Å². The summed E-state index contributed by atoms with van der Waals surface area (Å²) in [5.41, 5.74) is 1.37. The average Bonchev–Trinajstić information content (AvgIpc) is 2.96. The number of anilines is 1. The van der Waals surface area contributed by atoms with Crippen molar-refractivity contribution in [3.63, 3.8) is 0 Å². The van der Waals surface area contributed by atoms with Crippen LogP contribution in [0.25, 0.3) is 0 Å². The molecule has 1 aromatic heterocycles. The number of hydrogen-bond donors (Lipinski definition) is 2. The number of nitrogens with one attached hydrogen (secondary N) is 1. The van der Waals surface area contributed by atoms with E-state index in [1.54, 1.807) is 0 Å². The van der Waals surface area contributed by atoms with E-state index in [-0.39, 0.29) is 17.9 Å². The van der Waals surface area contributed by atoms with Crippen LogP contribution in [0.1, 0.15) is 23.2 Å². The van der Waals surface area contributed by atoms with E-state index < -0.39 is 18.6 Å². The number of aliphatic hydroxyl groups excluding tert-OH is 1. The smallest absolute Gasteiger partial charge is 0.263 e. The van der Waals surface area contributed by atoms with Crippen LogP contribution in [0, 0.1) is 6.92 Å². The van der Waals surface area contributed by atoms with Crippen molar-refractivity contribution in [1.82, 2.24) is 15.5 Å². The first-order valence-electron chi connectivity index (χ1n) is 8.32. The van der Waals surface area contributed by atoms with Crippen molar-refractivity contribution >= 4 is 11.7 Å². The van der Waals surface area contributed by atoms with E-state index in [4.69, 9.17) is 0 Å². The zero-order chi connectivity index (χ0) is 18.7.